The minimum Gasteiger partial charge on any atom is -0.391 e. The number of halogens is 1. The van der Waals surface area contributed by atoms with Crippen LogP contribution in [0.1, 0.15) is 30.7 Å². The molecular weight excluding hydrogens is 359 g/mol. The van der Waals surface area contributed by atoms with E-state index in [0.29, 0.717) is 36.2 Å². The number of nitrogens with zero attached hydrogens (tertiary/aromatic N) is 3. The van der Waals surface area contributed by atoms with Gasteiger partial charge in [-0.3, -0.25) is 0 Å². The molecule has 5 rings (SSSR count). The van der Waals surface area contributed by atoms with Crippen molar-refractivity contribution in [3.05, 3.63) is 47.9 Å². The molecule has 7 nitrogen and oxygen atoms in total. The van der Waals surface area contributed by atoms with Gasteiger partial charge in [-0.2, -0.15) is 9.61 Å². The molecule has 1 saturated heterocycles. The summed E-state index contributed by atoms with van der Waals surface area (Å²) in [5, 5.41) is 24.7. The summed E-state index contributed by atoms with van der Waals surface area (Å²) in [7, 11) is 0. The Morgan fingerprint density at radius 2 is 2.11 bits per heavy atom. The van der Waals surface area contributed by atoms with Crippen LogP contribution in [0.3, 0.4) is 0 Å². The maximum Gasteiger partial charge on any atom is 0.163 e. The van der Waals surface area contributed by atoms with Gasteiger partial charge < -0.3 is 21.1 Å². The number of hydrogen-bond acceptors (Lipinski definition) is 6. The largest absolute Gasteiger partial charge is 0.391 e. The van der Waals surface area contributed by atoms with Crippen LogP contribution in [0.2, 0.25) is 0 Å². The van der Waals surface area contributed by atoms with E-state index in [-0.39, 0.29) is 11.9 Å². The Morgan fingerprint density at radius 3 is 2.89 bits per heavy atom. The van der Waals surface area contributed by atoms with Gasteiger partial charge in [-0.25, -0.2) is 9.37 Å². The van der Waals surface area contributed by atoms with E-state index in [4.69, 9.17) is 4.98 Å². The third kappa shape index (κ3) is 3.41. The molecule has 1 aliphatic heterocycles. The van der Waals surface area contributed by atoms with Crippen LogP contribution in [-0.2, 0) is 0 Å². The molecule has 0 unspecified atom stereocenters. The minimum atomic E-state index is -0.424. The Hall–Kier alpha value is -2.71. The van der Waals surface area contributed by atoms with Crippen molar-refractivity contribution in [2.24, 2.45) is 0 Å². The quantitative estimate of drug-likeness (QED) is 0.543. The van der Waals surface area contributed by atoms with Crippen LogP contribution >= 0.6 is 0 Å². The van der Waals surface area contributed by atoms with Gasteiger partial charge in [-0.1, -0.05) is 6.07 Å². The van der Waals surface area contributed by atoms with Crippen LogP contribution in [-0.4, -0.2) is 44.9 Å². The summed E-state index contributed by atoms with van der Waals surface area (Å²) in [5.74, 6) is 1.57. The zero-order chi connectivity index (χ0) is 19.1. The lowest BCUT2D eigenvalue weighted by Crippen LogP contribution is -2.48. The van der Waals surface area contributed by atoms with Gasteiger partial charge in [0.25, 0.3) is 0 Å². The molecule has 2 atom stereocenters. The van der Waals surface area contributed by atoms with Gasteiger partial charge in [0.15, 0.2) is 5.65 Å². The number of fused-ring (bicyclic) bond motifs is 1. The number of hydrogen-bond donors (Lipinski definition) is 4. The Balaban J connectivity index is 1.53. The molecule has 146 valence electrons. The standard InChI is InChI=1S/C20H23FN6O/c21-13-2-1-3-14(8-13)24-19-9-18(25-16-11-22-7-6-17(16)28)26-20-15(12-4-5-12)10-23-27(19)20/h1-3,8-10,12,16-17,22,24,28H,4-7,11H2,(H,25,26)/t16-,17-/m0/s1. The Morgan fingerprint density at radius 1 is 1.21 bits per heavy atom. The van der Waals surface area contributed by atoms with E-state index >= 15 is 0 Å². The average Bonchev–Trinajstić information content (AvgIpc) is 3.43. The van der Waals surface area contributed by atoms with Crippen LogP contribution < -0.4 is 16.0 Å². The van der Waals surface area contributed by atoms with Gasteiger partial charge in [0.1, 0.15) is 17.5 Å². The third-order valence-corrected chi connectivity index (χ3v) is 5.39. The minimum absolute atomic E-state index is 0.113. The highest BCUT2D eigenvalue weighted by Gasteiger charge is 2.29. The topological polar surface area (TPSA) is 86.5 Å². The van der Waals surface area contributed by atoms with Crippen molar-refractivity contribution in [2.75, 3.05) is 23.7 Å². The number of aliphatic hydroxyl groups is 1. The first kappa shape index (κ1) is 17.4. The molecule has 8 heteroatoms. The lowest BCUT2D eigenvalue weighted by atomic mass is 10.0. The highest BCUT2D eigenvalue weighted by atomic mass is 19.1. The maximum absolute atomic E-state index is 13.6. The van der Waals surface area contributed by atoms with Crippen molar-refractivity contribution in [2.45, 2.75) is 37.3 Å². The van der Waals surface area contributed by atoms with Gasteiger partial charge in [-0.15, -0.1) is 0 Å². The number of benzene rings is 1. The monoisotopic (exact) mass is 382 g/mol. The van der Waals surface area contributed by atoms with Crippen LogP contribution in [0.25, 0.3) is 5.65 Å². The zero-order valence-corrected chi connectivity index (χ0v) is 15.4. The van der Waals surface area contributed by atoms with Crippen LogP contribution in [0.4, 0.5) is 21.7 Å². The number of anilines is 3. The normalized spacial score (nSPS) is 22.4. The van der Waals surface area contributed by atoms with E-state index in [0.717, 1.165) is 30.6 Å². The number of piperidine rings is 1. The number of aromatic nitrogens is 3. The second-order valence-electron chi connectivity index (χ2n) is 7.58. The predicted octanol–water partition coefficient (Wildman–Crippen LogP) is 2.62. The summed E-state index contributed by atoms with van der Waals surface area (Å²) >= 11 is 0. The van der Waals surface area contributed by atoms with Gasteiger partial charge in [0.05, 0.1) is 18.3 Å². The van der Waals surface area contributed by atoms with Gasteiger partial charge in [0, 0.05) is 23.9 Å². The molecule has 0 spiro atoms. The first-order chi connectivity index (χ1) is 13.7. The number of aliphatic hydroxyl groups excluding tert-OH is 1. The lowest BCUT2D eigenvalue weighted by molar-refractivity contribution is 0.124. The molecule has 2 fully saturated rings. The molecule has 1 aliphatic carbocycles. The predicted molar refractivity (Wildman–Crippen MR) is 106 cm³/mol. The Bertz CT molecular complexity index is 1000. The molecule has 0 amide bonds. The van der Waals surface area contributed by atoms with Gasteiger partial charge in [-0.05, 0) is 49.9 Å². The van der Waals surface area contributed by atoms with E-state index in [1.165, 1.54) is 12.1 Å². The maximum atomic E-state index is 13.6. The molecule has 3 heterocycles. The summed E-state index contributed by atoms with van der Waals surface area (Å²) in [6.07, 6.45) is 4.45. The van der Waals surface area contributed by atoms with Gasteiger partial charge >= 0.3 is 0 Å². The summed E-state index contributed by atoms with van der Waals surface area (Å²) in [6.45, 7) is 1.49. The fraction of sp³-hybridized carbons (Fsp3) is 0.400. The molecule has 1 aromatic carbocycles. The molecule has 4 N–H and O–H groups in total. The SMILES string of the molecule is O[C@H]1CCNC[C@@H]1Nc1cc(Nc2cccc(F)c2)n2ncc(C3CC3)c2n1. The highest BCUT2D eigenvalue weighted by Crippen LogP contribution is 2.42. The Kier molecular flexibility index (Phi) is 4.37. The molecule has 0 bridgehead atoms. The molecule has 1 saturated carbocycles. The smallest absolute Gasteiger partial charge is 0.163 e. The lowest BCUT2D eigenvalue weighted by Gasteiger charge is -2.29. The fourth-order valence-electron chi connectivity index (χ4n) is 3.72. The summed E-state index contributed by atoms with van der Waals surface area (Å²) in [4.78, 5) is 4.78. The Labute approximate surface area is 162 Å². The van der Waals surface area contributed by atoms with E-state index in [1.54, 1.807) is 10.6 Å². The molecule has 2 aliphatic rings. The van der Waals surface area contributed by atoms with Crippen molar-refractivity contribution in [3.63, 3.8) is 0 Å². The van der Waals surface area contributed by atoms with E-state index in [9.17, 15) is 9.50 Å². The van der Waals surface area contributed by atoms with E-state index < -0.39 is 6.10 Å². The molecule has 0 radical (unpaired) electrons. The molecular formula is C20H23FN6O. The van der Waals surface area contributed by atoms with Crippen molar-refractivity contribution in [3.8, 4) is 0 Å². The highest BCUT2D eigenvalue weighted by molar-refractivity contribution is 5.66. The average molecular weight is 382 g/mol. The van der Waals surface area contributed by atoms with Crippen molar-refractivity contribution >= 4 is 23.0 Å². The summed E-state index contributed by atoms with van der Waals surface area (Å²) < 4.78 is 15.4. The second kappa shape index (κ2) is 7.03. The van der Waals surface area contributed by atoms with E-state index in [1.807, 2.05) is 18.3 Å². The first-order valence-corrected chi connectivity index (χ1v) is 9.74. The van der Waals surface area contributed by atoms with Gasteiger partial charge in [0.2, 0.25) is 0 Å². The zero-order valence-electron chi connectivity index (χ0n) is 15.4. The summed E-state index contributed by atoms with van der Waals surface area (Å²) in [6, 6.07) is 8.07. The van der Waals surface area contributed by atoms with Crippen LogP contribution in [0.5, 0.6) is 0 Å². The van der Waals surface area contributed by atoms with Crippen molar-refractivity contribution < 1.29 is 9.50 Å². The third-order valence-electron chi connectivity index (χ3n) is 5.39. The van der Waals surface area contributed by atoms with E-state index in [2.05, 4.69) is 21.0 Å². The molecule has 28 heavy (non-hydrogen) atoms. The fourth-order valence-corrected chi connectivity index (χ4v) is 3.72. The van der Waals surface area contributed by atoms with Crippen LogP contribution in [0.15, 0.2) is 36.5 Å². The van der Waals surface area contributed by atoms with Crippen molar-refractivity contribution in [1.29, 1.82) is 0 Å². The second-order valence-corrected chi connectivity index (χ2v) is 7.58. The van der Waals surface area contributed by atoms with Crippen molar-refractivity contribution in [1.82, 2.24) is 19.9 Å². The number of nitrogens with one attached hydrogen (secondary N) is 3. The summed E-state index contributed by atoms with van der Waals surface area (Å²) in [5.41, 5.74) is 2.57. The first-order valence-electron chi connectivity index (χ1n) is 9.74. The van der Waals surface area contributed by atoms with Crippen LogP contribution in [0, 0.1) is 5.82 Å². The molecule has 2 aromatic heterocycles. The number of rotatable bonds is 5. The molecule has 3 aromatic rings.